The second-order valence-electron chi connectivity index (χ2n) is 4.66. The lowest BCUT2D eigenvalue weighted by molar-refractivity contribution is 0.235. The van der Waals surface area contributed by atoms with E-state index >= 15 is 0 Å². The summed E-state index contributed by atoms with van der Waals surface area (Å²) < 4.78 is 1.91. The van der Waals surface area contributed by atoms with Gasteiger partial charge in [-0.1, -0.05) is 30.3 Å². The molecule has 2 rings (SSSR count). The zero-order valence-electron chi connectivity index (χ0n) is 11.5. The van der Waals surface area contributed by atoms with Gasteiger partial charge < -0.3 is 10.4 Å². The summed E-state index contributed by atoms with van der Waals surface area (Å²) in [5.74, 6) is 0. The highest BCUT2D eigenvalue weighted by molar-refractivity contribution is 5.20. The molecule has 0 spiro atoms. The molecule has 0 aliphatic carbocycles. The van der Waals surface area contributed by atoms with Crippen molar-refractivity contribution >= 4 is 0 Å². The molecule has 102 valence electrons. The van der Waals surface area contributed by atoms with Crippen LogP contribution in [-0.4, -0.2) is 21.5 Å². The molecule has 0 bridgehead atoms. The molecule has 0 aliphatic heterocycles. The van der Waals surface area contributed by atoms with E-state index in [2.05, 4.69) is 24.3 Å². The molecule has 2 N–H and O–H groups in total. The molecule has 0 saturated heterocycles. The second kappa shape index (κ2) is 6.50. The first-order valence-electron chi connectivity index (χ1n) is 6.68. The Balaban J connectivity index is 2.06. The van der Waals surface area contributed by atoms with E-state index in [9.17, 15) is 5.11 Å². The van der Waals surface area contributed by atoms with Gasteiger partial charge in [0, 0.05) is 24.3 Å². The Labute approximate surface area is 114 Å². The SMILES string of the molecule is CCn1cc(C(C)N[C@@H](CO)c2ccccc2)cn1. The molecule has 4 nitrogen and oxygen atoms in total. The minimum absolute atomic E-state index is 0.0545. The Morgan fingerprint density at radius 2 is 2.00 bits per heavy atom. The molecule has 1 heterocycles. The molecule has 0 aliphatic rings. The Morgan fingerprint density at radius 3 is 2.58 bits per heavy atom. The van der Waals surface area contributed by atoms with E-state index in [1.807, 2.05) is 47.4 Å². The number of benzene rings is 1. The average molecular weight is 259 g/mol. The number of aliphatic hydroxyl groups excluding tert-OH is 1. The van der Waals surface area contributed by atoms with Gasteiger partial charge in [0.2, 0.25) is 0 Å². The van der Waals surface area contributed by atoms with Crippen LogP contribution in [0.5, 0.6) is 0 Å². The van der Waals surface area contributed by atoms with Crippen LogP contribution in [0.4, 0.5) is 0 Å². The van der Waals surface area contributed by atoms with E-state index in [4.69, 9.17) is 0 Å². The van der Waals surface area contributed by atoms with E-state index in [1.54, 1.807) is 0 Å². The lowest BCUT2D eigenvalue weighted by Crippen LogP contribution is -2.27. The Morgan fingerprint density at radius 1 is 1.26 bits per heavy atom. The Kier molecular flexibility index (Phi) is 4.71. The summed E-state index contributed by atoms with van der Waals surface area (Å²) in [6.45, 7) is 5.10. The molecule has 2 atom stereocenters. The number of nitrogens with zero attached hydrogens (tertiary/aromatic N) is 2. The standard InChI is InChI=1S/C15H21N3O/c1-3-18-10-14(9-16-18)12(2)17-15(11-19)13-7-5-4-6-8-13/h4-10,12,15,17,19H,3,11H2,1-2H3/t12?,15-/m0/s1. The van der Waals surface area contributed by atoms with Gasteiger partial charge in [-0.25, -0.2) is 0 Å². The van der Waals surface area contributed by atoms with Gasteiger partial charge in [0.25, 0.3) is 0 Å². The first kappa shape index (κ1) is 13.8. The van der Waals surface area contributed by atoms with Crippen LogP contribution in [0, 0.1) is 0 Å². The molecule has 2 aromatic rings. The normalized spacial score (nSPS) is 14.3. The number of aryl methyl sites for hydroxylation is 1. The van der Waals surface area contributed by atoms with Crippen LogP contribution >= 0.6 is 0 Å². The van der Waals surface area contributed by atoms with Crippen molar-refractivity contribution in [2.75, 3.05) is 6.61 Å². The Hall–Kier alpha value is -1.65. The van der Waals surface area contributed by atoms with Crippen LogP contribution in [0.1, 0.15) is 37.1 Å². The summed E-state index contributed by atoms with van der Waals surface area (Å²) >= 11 is 0. The van der Waals surface area contributed by atoms with Gasteiger partial charge in [-0.3, -0.25) is 4.68 Å². The number of nitrogens with one attached hydrogen (secondary N) is 1. The van der Waals surface area contributed by atoms with Gasteiger partial charge >= 0.3 is 0 Å². The average Bonchev–Trinajstić information content (AvgIpc) is 2.94. The summed E-state index contributed by atoms with van der Waals surface area (Å²) in [6.07, 6.45) is 3.91. The van der Waals surface area contributed by atoms with Crippen molar-refractivity contribution in [3.8, 4) is 0 Å². The fraction of sp³-hybridized carbons (Fsp3) is 0.400. The summed E-state index contributed by atoms with van der Waals surface area (Å²) in [6, 6.07) is 10.1. The third-order valence-corrected chi connectivity index (χ3v) is 3.31. The van der Waals surface area contributed by atoms with Crippen LogP contribution in [0.3, 0.4) is 0 Å². The molecule has 1 unspecified atom stereocenters. The van der Waals surface area contributed by atoms with Gasteiger partial charge in [-0.05, 0) is 19.4 Å². The third-order valence-electron chi connectivity index (χ3n) is 3.31. The van der Waals surface area contributed by atoms with E-state index < -0.39 is 0 Å². The highest BCUT2D eigenvalue weighted by Crippen LogP contribution is 2.18. The number of aromatic nitrogens is 2. The van der Waals surface area contributed by atoms with Crippen molar-refractivity contribution < 1.29 is 5.11 Å². The minimum atomic E-state index is -0.0545. The molecule has 0 amide bonds. The molecule has 1 aromatic heterocycles. The maximum atomic E-state index is 9.54. The minimum Gasteiger partial charge on any atom is -0.394 e. The molecular formula is C15H21N3O. The first-order chi connectivity index (χ1) is 9.24. The van der Waals surface area contributed by atoms with E-state index in [-0.39, 0.29) is 18.7 Å². The molecule has 0 saturated carbocycles. The monoisotopic (exact) mass is 259 g/mol. The summed E-state index contributed by atoms with van der Waals surface area (Å²) in [7, 11) is 0. The van der Waals surface area contributed by atoms with Crippen molar-refractivity contribution in [1.29, 1.82) is 0 Å². The van der Waals surface area contributed by atoms with Crippen LogP contribution in [-0.2, 0) is 6.54 Å². The predicted octanol–water partition coefficient (Wildman–Crippen LogP) is 2.29. The van der Waals surface area contributed by atoms with Crippen molar-refractivity contribution in [2.24, 2.45) is 0 Å². The number of hydrogen-bond acceptors (Lipinski definition) is 3. The molecule has 0 radical (unpaired) electrons. The third kappa shape index (κ3) is 3.43. The number of aliphatic hydroxyl groups is 1. The maximum Gasteiger partial charge on any atom is 0.0626 e. The van der Waals surface area contributed by atoms with Crippen molar-refractivity contribution in [3.63, 3.8) is 0 Å². The van der Waals surface area contributed by atoms with Crippen LogP contribution in [0.15, 0.2) is 42.7 Å². The lowest BCUT2D eigenvalue weighted by atomic mass is 10.1. The smallest absolute Gasteiger partial charge is 0.0626 e. The van der Waals surface area contributed by atoms with Gasteiger partial charge in [0.1, 0.15) is 0 Å². The quantitative estimate of drug-likeness (QED) is 0.837. The van der Waals surface area contributed by atoms with Gasteiger partial charge in [0.05, 0.1) is 18.8 Å². The molecule has 4 heteroatoms. The number of hydrogen-bond donors (Lipinski definition) is 2. The van der Waals surface area contributed by atoms with Gasteiger partial charge in [-0.15, -0.1) is 0 Å². The highest BCUT2D eigenvalue weighted by Gasteiger charge is 2.15. The maximum absolute atomic E-state index is 9.54. The molecule has 19 heavy (non-hydrogen) atoms. The van der Waals surface area contributed by atoms with Gasteiger partial charge in [0.15, 0.2) is 0 Å². The number of rotatable bonds is 6. The zero-order chi connectivity index (χ0) is 13.7. The van der Waals surface area contributed by atoms with Crippen molar-refractivity contribution in [1.82, 2.24) is 15.1 Å². The fourth-order valence-electron chi connectivity index (χ4n) is 2.11. The van der Waals surface area contributed by atoms with Crippen LogP contribution in [0.25, 0.3) is 0 Å². The first-order valence-corrected chi connectivity index (χ1v) is 6.68. The largest absolute Gasteiger partial charge is 0.394 e. The van der Waals surface area contributed by atoms with Crippen LogP contribution < -0.4 is 5.32 Å². The molecule has 1 aromatic carbocycles. The van der Waals surface area contributed by atoms with E-state index in [1.165, 1.54) is 0 Å². The van der Waals surface area contributed by atoms with Gasteiger partial charge in [-0.2, -0.15) is 5.10 Å². The van der Waals surface area contributed by atoms with Crippen LogP contribution in [0.2, 0.25) is 0 Å². The fourth-order valence-corrected chi connectivity index (χ4v) is 2.11. The summed E-state index contributed by atoms with van der Waals surface area (Å²) in [5.41, 5.74) is 2.23. The Bertz CT molecular complexity index is 495. The second-order valence-corrected chi connectivity index (χ2v) is 4.66. The molecule has 0 fully saturated rings. The summed E-state index contributed by atoms with van der Waals surface area (Å²) in [4.78, 5) is 0. The van der Waals surface area contributed by atoms with E-state index in [0.29, 0.717) is 0 Å². The summed E-state index contributed by atoms with van der Waals surface area (Å²) in [5, 5.41) is 17.3. The predicted molar refractivity (Wildman–Crippen MR) is 75.7 cm³/mol. The zero-order valence-corrected chi connectivity index (χ0v) is 11.5. The lowest BCUT2D eigenvalue weighted by Gasteiger charge is -2.21. The molecular weight excluding hydrogens is 238 g/mol. The topological polar surface area (TPSA) is 50.1 Å². The highest BCUT2D eigenvalue weighted by atomic mass is 16.3. The van der Waals surface area contributed by atoms with E-state index in [0.717, 1.165) is 17.7 Å². The van der Waals surface area contributed by atoms with Crippen molar-refractivity contribution in [2.45, 2.75) is 32.5 Å². The van der Waals surface area contributed by atoms with Crippen molar-refractivity contribution in [3.05, 3.63) is 53.9 Å².